The zero-order chi connectivity index (χ0) is 15.3. The van der Waals surface area contributed by atoms with Crippen molar-refractivity contribution in [2.24, 2.45) is 0 Å². The Labute approximate surface area is 129 Å². The Bertz CT molecular complexity index is 588. The number of carbonyl (C=O) groups is 1. The van der Waals surface area contributed by atoms with Crippen molar-refractivity contribution in [1.82, 2.24) is 10.3 Å². The molecule has 1 aromatic heterocycles. The maximum absolute atomic E-state index is 11.5. The highest BCUT2D eigenvalue weighted by Gasteiger charge is 2.15. The largest absolute Gasteiger partial charge is 0.444 e. The first-order valence-corrected chi connectivity index (χ1v) is 7.79. The van der Waals surface area contributed by atoms with Crippen LogP contribution in [0.2, 0.25) is 0 Å². The van der Waals surface area contributed by atoms with Crippen LogP contribution < -0.4 is 5.32 Å². The van der Waals surface area contributed by atoms with E-state index < -0.39 is 5.60 Å². The summed E-state index contributed by atoms with van der Waals surface area (Å²) in [4.78, 5) is 16.1. The summed E-state index contributed by atoms with van der Waals surface area (Å²) >= 11 is 1.62. The van der Waals surface area contributed by atoms with Crippen molar-refractivity contribution in [3.63, 3.8) is 0 Å². The number of alkyl carbamates (subject to hydrolysis) is 1. The van der Waals surface area contributed by atoms with E-state index in [4.69, 9.17) is 4.74 Å². The summed E-state index contributed by atoms with van der Waals surface area (Å²) in [5.41, 5.74) is 1.63. The average Bonchev–Trinajstić information content (AvgIpc) is 2.86. The molecule has 0 radical (unpaired) electrons. The molecule has 112 valence electrons. The minimum atomic E-state index is -0.467. The van der Waals surface area contributed by atoms with Crippen LogP contribution in [-0.4, -0.2) is 23.2 Å². The Morgan fingerprint density at radius 2 is 2.00 bits per heavy atom. The quantitative estimate of drug-likeness (QED) is 0.932. The Hall–Kier alpha value is -1.88. The molecule has 1 heterocycles. The van der Waals surface area contributed by atoms with Crippen LogP contribution >= 0.6 is 11.3 Å². The lowest BCUT2D eigenvalue weighted by atomic mass is 10.2. The SMILES string of the molecule is CC(C)(C)OC(=O)NCCc1csc(-c2ccccc2)n1. The van der Waals surface area contributed by atoms with Gasteiger partial charge in [-0.2, -0.15) is 0 Å². The molecule has 1 aromatic carbocycles. The van der Waals surface area contributed by atoms with Gasteiger partial charge in [0.2, 0.25) is 0 Å². The standard InChI is InChI=1S/C16H20N2O2S/c1-16(2,3)20-15(19)17-10-9-13-11-21-14(18-13)12-7-5-4-6-8-12/h4-8,11H,9-10H2,1-3H3,(H,17,19). The smallest absolute Gasteiger partial charge is 0.407 e. The second kappa shape index (κ2) is 6.72. The van der Waals surface area contributed by atoms with Crippen LogP contribution in [0.1, 0.15) is 26.5 Å². The van der Waals surface area contributed by atoms with Gasteiger partial charge in [-0.25, -0.2) is 9.78 Å². The highest BCUT2D eigenvalue weighted by molar-refractivity contribution is 7.13. The summed E-state index contributed by atoms with van der Waals surface area (Å²) in [7, 11) is 0. The molecule has 0 saturated heterocycles. The summed E-state index contributed by atoms with van der Waals surface area (Å²) in [5.74, 6) is 0. The third kappa shape index (κ3) is 5.19. The molecule has 1 N–H and O–H groups in total. The van der Waals surface area contributed by atoms with Gasteiger partial charge < -0.3 is 10.1 Å². The van der Waals surface area contributed by atoms with Gasteiger partial charge in [0, 0.05) is 23.9 Å². The van der Waals surface area contributed by atoms with Crippen LogP contribution in [0.4, 0.5) is 4.79 Å². The van der Waals surface area contributed by atoms with Gasteiger partial charge in [0.1, 0.15) is 10.6 Å². The number of rotatable bonds is 4. The first-order chi connectivity index (χ1) is 9.94. The van der Waals surface area contributed by atoms with Crippen molar-refractivity contribution in [2.75, 3.05) is 6.54 Å². The molecule has 0 bridgehead atoms. The van der Waals surface area contributed by atoms with Crippen molar-refractivity contribution in [1.29, 1.82) is 0 Å². The molecule has 0 atom stereocenters. The normalized spacial score (nSPS) is 11.2. The molecule has 2 aromatic rings. The molecule has 5 heteroatoms. The van der Waals surface area contributed by atoms with E-state index in [2.05, 4.69) is 10.3 Å². The summed E-state index contributed by atoms with van der Waals surface area (Å²) in [6.07, 6.45) is 0.309. The number of carbonyl (C=O) groups excluding carboxylic acids is 1. The monoisotopic (exact) mass is 304 g/mol. The number of ether oxygens (including phenoxy) is 1. The van der Waals surface area contributed by atoms with Crippen LogP contribution in [0.5, 0.6) is 0 Å². The van der Waals surface area contributed by atoms with E-state index in [1.807, 2.05) is 56.5 Å². The first kappa shape index (κ1) is 15.5. The van der Waals surface area contributed by atoms with Gasteiger partial charge in [0.25, 0.3) is 0 Å². The fourth-order valence-corrected chi connectivity index (χ4v) is 2.60. The topological polar surface area (TPSA) is 51.2 Å². The van der Waals surface area contributed by atoms with E-state index in [0.29, 0.717) is 13.0 Å². The van der Waals surface area contributed by atoms with Gasteiger partial charge in [-0.15, -0.1) is 11.3 Å². The Balaban J connectivity index is 1.83. The number of benzene rings is 1. The number of nitrogens with one attached hydrogen (secondary N) is 1. The van der Waals surface area contributed by atoms with E-state index in [0.717, 1.165) is 16.3 Å². The predicted octanol–water partition coefficient (Wildman–Crippen LogP) is 3.88. The second-order valence-corrected chi connectivity index (χ2v) is 6.55. The molecular formula is C16H20N2O2S. The van der Waals surface area contributed by atoms with Gasteiger partial charge in [-0.3, -0.25) is 0 Å². The Kier molecular flexibility index (Phi) is 4.96. The van der Waals surface area contributed by atoms with Crippen molar-refractivity contribution >= 4 is 17.4 Å². The number of nitrogens with zero attached hydrogens (tertiary/aromatic N) is 1. The van der Waals surface area contributed by atoms with Crippen LogP contribution in [-0.2, 0) is 11.2 Å². The van der Waals surface area contributed by atoms with Gasteiger partial charge >= 0.3 is 6.09 Å². The zero-order valence-electron chi connectivity index (χ0n) is 12.6. The van der Waals surface area contributed by atoms with Gasteiger partial charge in [0.05, 0.1) is 5.69 Å². The molecule has 1 amide bonds. The van der Waals surface area contributed by atoms with Gasteiger partial charge in [-0.05, 0) is 20.8 Å². The van der Waals surface area contributed by atoms with Crippen molar-refractivity contribution < 1.29 is 9.53 Å². The fraction of sp³-hybridized carbons (Fsp3) is 0.375. The lowest BCUT2D eigenvalue weighted by Crippen LogP contribution is -2.33. The lowest BCUT2D eigenvalue weighted by molar-refractivity contribution is 0.0528. The third-order valence-corrected chi connectivity index (χ3v) is 3.56. The summed E-state index contributed by atoms with van der Waals surface area (Å²) < 4.78 is 5.18. The van der Waals surface area contributed by atoms with Crippen LogP contribution in [0.15, 0.2) is 35.7 Å². The average molecular weight is 304 g/mol. The number of hydrogen-bond donors (Lipinski definition) is 1. The Morgan fingerprint density at radius 3 is 2.67 bits per heavy atom. The van der Waals surface area contributed by atoms with E-state index in [-0.39, 0.29) is 6.09 Å². The zero-order valence-corrected chi connectivity index (χ0v) is 13.4. The van der Waals surface area contributed by atoms with Crippen LogP contribution in [0.25, 0.3) is 10.6 Å². The summed E-state index contributed by atoms with van der Waals surface area (Å²) in [6, 6.07) is 10.1. The summed E-state index contributed by atoms with van der Waals surface area (Å²) in [6.45, 7) is 6.06. The first-order valence-electron chi connectivity index (χ1n) is 6.91. The maximum Gasteiger partial charge on any atom is 0.407 e. The molecule has 21 heavy (non-hydrogen) atoms. The Morgan fingerprint density at radius 1 is 1.29 bits per heavy atom. The second-order valence-electron chi connectivity index (χ2n) is 5.69. The highest BCUT2D eigenvalue weighted by Crippen LogP contribution is 2.23. The molecule has 0 saturated carbocycles. The number of amides is 1. The van der Waals surface area contributed by atoms with E-state index in [1.165, 1.54) is 0 Å². The number of thiazole rings is 1. The van der Waals surface area contributed by atoms with Gasteiger partial charge in [0.15, 0.2) is 0 Å². The lowest BCUT2D eigenvalue weighted by Gasteiger charge is -2.19. The van der Waals surface area contributed by atoms with E-state index in [1.54, 1.807) is 11.3 Å². The van der Waals surface area contributed by atoms with Gasteiger partial charge in [-0.1, -0.05) is 30.3 Å². The van der Waals surface area contributed by atoms with E-state index >= 15 is 0 Å². The minimum absolute atomic E-state index is 0.388. The van der Waals surface area contributed by atoms with Crippen molar-refractivity contribution in [3.05, 3.63) is 41.4 Å². The minimum Gasteiger partial charge on any atom is -0.444 e. The number of hydrogen-bond acceptors (Lipinski definition) is 4. The molecule has 0 aliphatic carbocycles. The molecule has 0 spiro atoms. The fourth-order valence-electron chi connectivity index (χ4n) is 1.74. The third-order valence-electron chi connectivity index (χ3n) is 2.62. The maximum atomic E-state index is 11.5. The predicted molar refractivity (Wildman–Crippen MR) is 85.5 cm³/mol. The number of aromatic nitrogens is 1. The van der Waals surface area contributed by atoms with E-state index in [9.17, 15) is 4.79 Å². The van der Waals surface area contributed by atoms with Crippen LogP contribution in [0, 0.1) is 0 Å². The molecule has 0 fully saturated rings. The van der Waals surface area contributed by atoms with Crippen LogP contribution in [0.3, 0.4) is 0 Å². The molecule has 4 nitrogen and oxygen atoms in total. The van der Waals surface area contributed by atoms with Crippen molar-refractivity contribution in [2.45, 2.75) is 32.8 Å². The molecule has 0 unspecified atom stereocenters. The van der Waals surface area contributed by atoms with Crippen molar-refractivity contribution in [3.8, 4) is 10.6 Å². The summed E-state index contributed by atoms with van der Waals surface area (Å²) in [5, 5.41) is 5.77. The highest BCUT2D eigenvalue weighted by atomic mass is 32.1. The molecule has 0 aliphatic rings. The molecular weight excluding hydrogens is 284 g/mol. The molecule has 0 aliphatic heterocycles. The molecule has 2 rings (SSSR count).